The molecule has 264 valence electrons. The van der Waals surface area contributed by atoms with Crippen LogP contribution >= 0.6 is 0 Å². The highest BCUT2D eigenvalue weighted by molar-refractivity contribution is 6.08. The number of carbonyl (C=O) groups is 3. The molecule has 0 heterocycles. The van der Waals surface area contributed by atoms with Gasteiger partial charge in [-0.1, -0.05) is 40.7 Å². The molecule has 1 saturated carbocycles. The molecule has 10 nitrogen and oxygen atoms in total. The van der Waals surface area contributed by atoms with Crippen molar-refractivity contribution in [3.63, 3.8) is 0 Å². The summed E-state index contributed by atoms with van der Waals surface area (Å²) < 4.78 is 17.7. The first-order valence-electron chi connectivity index (χ1n) is 17.2. The Hall–Kier alpha value is -4.57. The van der Waals surface area contributed by atoms with Crippen LogP contribution in [0, 0.1) is 24.7 Å². The van der Waals surface area contributed by atoms with E-state index in [9.17, 15) is 14.4 Å². The fraction of sp³-hybridized carbons (Fsp3) is 0.462. The molecule has 49 heavy (non-hydrogen) atoms. The van der Waals surface area contributed by atoms with E-state index in [0.29, 0.717) is 64.4 Å². The van der Waals surface area contributed by atoms with Crippen LogP contribution in [0.25, 0.3) is 0 Å². The van der Waals surface area contributed by atoms with Crippen molar-refractivity contribution in [2.75, 3.05) is 37.1 Å². The molecule has 3 aromatic rings. The summed E-state index contributed by atoms with van der Waals surface area (Å²) in [6.07, 6.45) is 4.14. The van der Waals surface area contributed by atoms with Crippen molar-refractivity contribution in [3.8, 4) is 17.2 Å². The van der Waals surface area contributed by atoms with Gasteiger partial charge in [-0.2, -0.15) is 0 Å². The molecule has 0 aliphatic heterocycles. The summed E-state index contributed by atoms with van der Waals surface area (Å²) in [5.74, 6) is 1.44. The number of aryl methyl sites for hydroxylation is 1. The van der Waals surface area contributed by atoms with E-state index >= 15 is 0 Å². The molecule has 1 fully saturated rings. The van der Waals surface area contributed by atoms with E-state index in [1.165, 1.54) is 0 Å². The summed E-state index contributed by atoms with van der Waals surface area (Å²) in [4.78, 5) is 40.0. The van der Waals surface area contributed by atoms with Crippen LogP contribution in [-0.4, -0.2) is 55.3 Å². The first kappa shape index (κ1) is 37.3. The van der Waals surface area contributed by atoms with Crippen LogP contribution < -0.4 is 30.2 Å². The number of anilines is 2. The van der Waals surface area contributed by atoms with E-state index in [2.05, 4.69) is 22.9 Å². The maximum Gasteiger partial charge on any atom is 0.255 e. The van der Waals surface area contributed by atoms with Gasteiger partial charge in [-0.05, 0) is 104 Å². The van der Waals surface area contributed by atoms with Crippen LogP contribution in [0.2, 0.25) is 0 Å². The maximum atomic E-state index is 13.6. The van der Waals surface area contributed by atoms with Gasteiger partial charge in [0.25, 0.3) is 17.7 Å². The van der Waals surface area contributed by atoms with Gasteiger partial charge in [0.15, 0.2) is 0 Å². The molecule has 0 aromatic heterocycles. The van der Waals surface area contributed by atoms with E-state index in [1.807, 2.05) is 34.6 Å². The average Bonchev–Trinajstić information content (AvgIpc) is 3.07. The second kappa shape index (κ2) is 17.7. The molecule has 3 aromatic carbocycles. The molecule has 1 aliphatic rings. The molecular weight excluding hydrogens is 622 g/mol. The van der Waals surface area contributed by atoms with Crippen molar-refractivity contribution in [1.82, 2.24) is 5.32 Å². The third kappa shape index (κ3) is 11.0. The zero-order valence-corrected chi connectivity index (χ0v) is 29.6. The molecule has 0 radical (unpaired) electrons. The lowest BCUT2D eigenvalue weighted by Crippen LogP contribution is -2.37. The lowest BCUT2D eigenvalue weighted by Gasteiger charge is -2.27. The number of ether oxygens (including phenoxy) is 3. The summed E-state index contributed by atoms with van der Waals surface area (Å²) in [6.45, 7) is 12.9. The minimum atomic E-state index is -0.403. The normalized spacial score (nSPS) is 15.9. The first-order valence-corrected chi connectivity index (χ1v) is 17.2. The Morgan fingerprint density at radius 2 is 1.16 bits per heavy atom. The highest BCUT2D eigenvalue weighted by Crippen LogP contribution is 2.31. The fourth-order valence-corrected chi connectivity index (χ4v) is 5.40. The SMILES string of the molecule is Cc1ccc(C(=O)Nc2ccc(C(=O)Nc3ccc(C(=O)N[C@H]4CC[C@H](C)CC4)cc3OCC(C)C)cc2OCC(C)C)cc1OCCO. The molecule has 0 spiro atoms. The molecule has 10 heteroatoms. The summed E-state index contributed by atoms with van der Waals surface area (Å²) in [5, 5.41) is 18.1. The zero-order valence-electron chi connectivity index (χ0n) is 29.6. The van der Waals surface area contributed by atoms with Crippen molar-refractivity contribution in [2.45, 2.75) is 73.3 Å². The molecule has 3 amide bonds. The van der Waals surface area contributed by atoms with E-state index in [0.717, 1.165) is 31.2 Å². The monoisotopic (exact) mass is 673 g/mol. The number of rotatable bonds is 15. The molecule has 0 saturated heterocycles. The van der Waals surface area contributed by atoms with Gasteiger partial charge in [-0.25, -0.2) is 0 Å². The number of aliphatic hydroxyl groups excluding tert-OH is 1. The van der Waals surface area contributed by atoms with Gasteiger partial charge in [0.05, 0.1) is 31.2 Å². The number of amides is 3. The summed E-state index contributed by atoms with van der Waals surface area (Å²) in [7, 11) is 0. The lowest BCUT2D eigenvalue weighted by atomic mass is 9.87. The third-order valence-electron chi connectivity index (χ3n) is 8.28. The Bertz CT molecular complexity index is 1600. The molecule has 4 N–H and O–H groups in total. The Labute approximate surface area is 289 Å². The van der Waals surface area contributed by atoms with Crippen LogP contribution in [0.15, 0.2) is 54.6 Å². The largest absolute Gasteiger partial charge is 0.491 e. The zero-order chi connectivity index (χ0) is 35.5. The number of hydrogen-bond acceptors (Lipinski definition) is 7. The van der Waals surface area contributed by atoms with Crippen molar-refractivity contribution >= 4 is 29.1 Å². The Balaban J connectivity index is 1.54. The van der Waals surface area contributed by atoms with Gasteiger partial charge < -0.3 is 35.3 Å². The van der Waals surface area contributed by atoms with E-state index in [1.54, 1.807) is 54.6 Å². The molecule has 0 unspecified atom stereocenters. The topological polar surface area (TPSA) is 135 Å². The predicted molar refractivity (Wildman–Crippen MR) is 192 cm³/mol. The minimum Gasteiger partial charge on any atom is -0.491 e. The summed E-state index contributed by atoms with van der Waals surface area (Å²) in [6, 6.07) is 15.2. The number of benzene rings is 3. The van der Waals surface area contributed by atoms with Crippen LogP contribution in [0.1, 0.15) is 96.9 Å². The second-order valence-electron chi connectivity index (χ2n) is 13.7. The molecule has 0 atom stereocenters. The third-order valence-corrected chi connectivity index (χ3v) is 8.28. The van der Waals surface area contributed by atoms with Crippen molar-refractivity contribution in [2.24, 2.45) is 17.8 Å². The first-order chi connectivity index (χ1) is 23.4. The van der Waals surface area contributed by atoms with Crippen LogP contribution in [0.3, 0.4) is 0 Å². The lowest BCUT2D eigenvalue weighted by molar-refractivity contribution is 0.0921. The van der Waals surface area contributed by atoms with Crippen molar-refractivity contribution < 1.29 is 33.7 Å². The quantitative estimate of drug-likeness (QED) is 0.134. The Kier molecular flexibility index (Phi) is 13.5. The smallest absolute Gasteiger partial charge is 0.255 e. The molecule has 4 rings (SSSR count). The predicted octanol–water partition coefficient (Wildman–Crippen LogP) is 7.25. The van der Waals surface area contributed by atoms with Gasteiger partial charge in [-0.15, -0.1) is 0 Å². The summed E-state index contributed by atoms with van der Waals surface area (Å²) in [5.41, 5.74) is 2.84. The molecule has 0 bridgehead atoms. The van der Waals surface area contributed by atoms with Gasteiger partial charge in [-0.3, -0.25) is 14.4 Å². The number of aliphatic hydroxyl groups is 1. The fourth-order valence-electron chi connectivity index (χ4n) is 5.40. The van der Waals surface area contributed by atoms with E-state index in [-0.39, 0.29) is 42.9 Å². The maximum absolute atomic E-state index is 13.6. The minimum absolute atomic E-state index is 0.118. The van der Waals surface area contributed by atoms with Crippen molar-refractivity contribution in [3.05, 3.63) is 76.9 Å². The van der Waals surface area contributed by atoms with E-state index in [4.69, 9.17) is 19.3 Å². The highest BCUT2D eigenvalue weighted by Gasteiger charge is 2.22. The van der Waals surface area contributed by atoms with Crippen LogP contribution in [0.5, 0.6) is 17.2 Å². The average molecular weight is 674 g/mol. The number of hydrogen-bond donors (Lipinski definition) is 4. The highest BCUT2D eigenvalue weighted by atomic mass is 16.5. The molecular formula is C39H51N3O7. The van der Waals surface area contributed by atoms with Gasteiger partial charge >= 0.3 is 0 Å². The number of carbonyl (C=O) groups excluding carboxylic acids is 3. The summed E-state index contributed by atoms with van der Waals surface area (Å²) >= 11 is 0. The van der Waals surface area contributed by atoms with E-state index < -0.39 is 5.91 Å². The number of nitrogens with one attached hydrogen (secondary N) is 3. The molecule has 1 aliphatic carbocycles. The van der Waals surface area contributed by atoms with Crippen molar-refractivity contribution in [1.29, 1.82) is 0 Å². The second-order valence-corrected chi connectivity index (χ2v) is 13.7. The van der Waals surface area contributed by atoms with Gasteiger partial charge in [0.2, 0.25) is 0 Å². The van der Waals surface area contributed by atoms with Gasteiger partial charge in [0.1, 0.15) is 23.9 Å². The Morgan fingerprint density at radius 1 is 0.694 bits per heavy atom. The standard InChI is InChI=1S/C39H51N3O7/c1-24(2)22-48-35-20-29(37(44)40-31-13-7-26(5)8-14-31)11-15-32(35)42-39(46)30-12-16-33(36(21-30)49-23-25(3)4)41-38(45)28-10-9-27(6)34(19-28)47-18-17-43/h9-12,15-16,19-21,24-26,31,43H,7-8,13-14,17-18,22-23H2,1-6H3,(H,40,44)(H,41,45)(H,42,46)/t26-,31-. The Morgan fingerprint density at radius 3 is 1.65 bits per heavy atom. The van der Waals surface area contributed by atoms with Crippen LogP contribution in [0.4, 0.5) is 11.4 Å². The van der Waals surface area contributed by atoms with Gasteiger partial charge in [0, 0.05) is 22.7 Å². The van der Waals surface area contributed by atoms with Crippen LogP contribution in [-0.2, 0) is 0 Å².